The van der Waals surface area contributed by atoms with E-state index >= 15 is 0 Å². The van der Waals surface area contributed by atoms with Crippen LogP contribution >= 0.6 is 0 Å². The average molecular weight is 273 g/mol. The molecule has 4 N–H and O–H groups in total. The highest BCUT2D eigenvalue weighted by atomic mass is 16.1. The fraction of sp³-hybridized carbons (Fsp3) is 0.438. The maximum Gasteiger partial charge on any atom is 0.251 e. The molecule has 0 saturated carbocycles. The highest BCUT2D eigenvalue weighted by molar-refractivity contribution is 5.99. The van der Waals surface area contributed by atoms with Crippen molar-refractivity contribution in [3.05, 3.63) is 35.0 Å². The molecular weight excluding hydrogens is 250 g/mol. The van der Waals surface area contributed by atoms with E-state index in [9.17, 15) is 4.79 Å². The van der Waals surface area contributed by atoms with Crippen LogP contribution in [0.2, 0.25) is 0 Å². The Morgan fingerprint density at radius 1 is 1.35 bits per heavy atom. The highest BCUT2D eigenvalue weighted by Gasteiger charge is 2.12. The SMILES string of the molecule is Cc1[nH]c2ccc(C(=O)NCC(N)C(C)C)cc2c1C. The zero-order valence-corrected chi connectivity index (χ0v) is 12.6. The van der Waals surface area contributed by atoms with Crippen molar-refractivity contribution in [3.63, 3.8) is 0 Å². The molecule has 0 bridgehead atoms. The van der Waals surface area contributed by atoms with Gasteiger partial charge in [-0.3, -0.25) is 4.79 Å². The summed E-state index contributed by atoms with van der Waals surface area (Å²) in [6, 6.07) is 5.71. The van der Waals surface area contributed by atoms with Gasteiger partial charge in [-0.2, -0.15) is 0 Å². The molecule has 1 atom stereocenters. The van der Waals surface area contributed by atoms with Crippen molar-refractivity contribution >= 4 is 16.8 Å². The van der Waals surface area contributed by atoms with Crippen LogP contribution in [0.5, 0.6) is 0 Å². The molecule has 0 aliphatic heterocycles. The van der Waals surface area contributed by atoms with Gasteiger partial charge in [-0.15, -0.1) is 0 Å². The van der Waals surface area contributed by atoms with E-state index in [2.05, 4.69) is 31.1 Å². The van der Waals surface area contributed by atoms with Crippen molar-refractivity contribution in [3.8, 4) is 0 Å². The zero-order chi connectivity index (χ0) is 14.9. The number of aromatic nitrogens is 1. The number of amides is 1. The fourth-order valence-electron chi connectivity index (χ4n) is 2.15. The van der Waals surface area contributed by atoms with Gasteiger partial charge in [0.1, 0.15) is 0 Å². The summed E-state index contributed by atoms with van der Waals surface area (Å²) >= 11 is 0. The van der Waals surface area contributed by atoms with Gasteiger partial charge >= 0.3 is 0 Å². The first-order valence-corrected chi connectivity index (χ1v) is 7.03. The summed E-state index contributed by atoms with van der Waals surface area (Å²) in [6.07, 6.45) is 0. The van der Waals surface area contributed by atoms with Crippen molar-refractivity contribution in [1.82, 2.24) is 10.3 Å². The number of carbonyl (C=O) groups is 1. The molecule has 0 aliphatic carbocycles. The predicted octanol–water partition coefficient (Wildman–Crippen LogP) is 2.50. The number of benzene rings is 1. The van der Waals surface area contributed by atoms with Gasteiger partial charge in [0, 0.05) is 34.7 Å². The maximum absolute atomic E-state index is 12.2. The fourth-order valence-corrected chi connectivity index (χ4v) is 2.15. The van der Waals surface area contributed by atoms with Gasteiger partial charge < -0.3 is 16.0 Å². The van der Waals surface area contributed by atoms with E-state index in [4.69, 9.17) is 5.73 Å². The molecular formula is C16H23N3O. The Kier molecular flexibility index (Phi) is 4.14. The topological polar surface area (TPSA) is 70.9 Å². The Labute approximate surface area is 119 Å². The summed E-state index contributed by atoms with van der Waals surface area (Å²) < 4.78 is 0. The minimum absolute atomic E-state index is 0.0149. The van der Waals surface area contributed by atoms with E-state index in [1.165, 1.54) is 5.56 Å². The smallest absolute Gasteiger partial charge is 0.251 e. The molecule has 0 spiro atoms. The molecule has 4 heteroatoms. The highest BCUT2D eigenvalue weighted by Crippen LogP contribution is 2.22. The number of carbonyl (C=O) groups excluding carboxylic acids is 1. The second-order valence-electron chi connectivity index (χ2n) is 5.75. The summed E-state index contributed by atoms with van der Waals surface area (Å²) in [6.45, 7) is 8.70. The van der Waals surface area contributed by atoms with Crippen LogP contribution in [0.15, 0.2) is 18.2 Å². The standard InChI is InChI=1S/C16H23N3O/c1-9(2)14(17)8-18-16(20)12-5-6-15-13(7-12)10(3)11(4)19-15/h5-7,9,14,19H,8,17H2,1-4H3,(H,18,20). The number of aryl methyl sites for hydroxylation is 2. The molecule has 1 unspecified atom stereocenters. The maximum atomic E-state index is 12.2. The predicted molar refractivity (Wildman–Crippen MR) is 82.9 cm³/mol. The van der Waals surface area contributed by atoms with Crippen LogP contribution in [0.25, 0.3) is 10.9 Å². The van der Waals surface area contributed by atoms with Gasteiger partial charge in [0.15, 0.2) is 0 Å². The van der Waals surface area contributed by atoms with Gasteiger partial charge in [-0.05, 0) is 43.5 Å². The first-order valence-electron chi connectivity index (χ1n) is 7.03. The van der Waals surface area contributed by atoms with Gasteiger partial charge in [-0.1, -0.05) is 13.8 Å². The molecule has 20 heavy (non-hydrogen) atoms. The van der Waals surface area contributed by atoms with Crippen LogP contribution in [0, 0.1) is 19.8 Å². The van der Waals surface area contributed by atoms with Gasteiger partial charge in [-0.25, -0.2) is 0 Å². The molecule has 1 heterocycles. The third kappa shape index (κ3) is 2.85. The molecule has 1 amide bonds. The Morgan fingerprint density at radius 3 is 2.70 bits per heavy atom. The molecule has 4 nitrogen and oxygen atoms in total. The molecule has 1 aromatic carbocycles. The quantitative estimate of drug-likeness (QED) is 0.801. The Bertz CT molecular complexity index is 628. The van der Waals surface area contributed by atoms with Gasteiger partial charge in [0.05, 0.1) is 0 Å². The molecule has 2 aromatic rings. The minimum atomic E-state index is -0.0683. The monoisotopic (exact) mass is 273 g/mol. The number of nitrogens with two attached hydrogens (primary N) is 1. The third-order valence-electron chi connectivity index (χ3n) is 3.93. The van der Waals surface area contributed by atoms with Crippen molar-refractivity contribution in [2.45, 2.75) is 33.7 Å². The summed E-state index contributed by atoms with van der Waals surface area (Å²) in [5.74, 6) is 0.286. The number of rotatable bonds is 4. The van der Waals surface area contributed by atoms with Crippen molar-refractivity contribution in [1.29, 1.82) is 0 Å². The van der Waals surface area contributed by atoms with Crippen LogP contribution in [-0.4, -0.2) is 23.5 Å². The lowest BCUT2D eigenvalue weighted by Crippen LogP contribution is -2.40. The first kappa shape index (κ1) is 14.6. The lowest BCUT2D eigenvalue weighted by molar-refractivity contribution is 0.0949. The number of fused-ring (bicyclic) bond motifs is 1. The summed E-state index contributed by atoms with van der Waals surface area (Å²) in [5, 5.41) is 4.00. The molecule has 1 aromatic heterocycles. The van der Waals surface area contributed by atoms with Gasteiger partial charge in [0.25, 0.3) is 5.91 Å². The van der Waals surface area contributed by atoms with E-state index in [0.29, 0.717) is 18.0 Å². The molecule has 2 rings (SSSR count). The second kappa shape index (κ2) is 5.67. The Morgan fingerprint density at radius 2 is 2.05 bits per heavy atom. The Balaban J connectivity index is 2.16. The van der Waals surface area contributed by atoms with Crippen molar-refractivity contribution in [2.24, 2.45) is 11.7 Å². The average Bonchev–Trinajstić information content (AvgIpc) is 2.70. The van der Waals surface area contributed by atoms with Crippen LogP contribution in [0.4, 0.5) is 0 Å². The molecule has 0 aliphatic rings. The molecule has 0 saturated heterocycles. The Hall–Kier alpha value is -1.81. The molecule has 0 radical (unpaired) electrons. The first-order chi connectivity index (χ1) is 9.40. The van der Waals surface area contributed by atoms with E-state index < -0.39 is 0 Å². The van der Waals surface area contributed by atoms with E-state index in [0.717, 1.165) is 16.6 Å². The van der Waals surface area contributed by atoms with E-state index in [-0.39, 0.29) is 11.9 Å². The number of aromatic amines is 1. The zero-order valence-electron chi connectivity index (χ0n) is 12.6. The second-order valence-corrected chi connectivity index (χ2v) is 5.75. The normalized spacial score (nSPS) is 12.9. The number of H-pyrrole nitrogens is 1. The van der Waals surface area contributed by atoms with Crippen molar-refractivity contribution in [2.75, 3.05) is 6.54 Å². The van der Waals surface area contributed by atoms with E-state index in [1.54, 1.807) is 0 Å². The summed E-state index contributed by atoms with van der Waals surface area (Å²) in [4.78, 5) is 15.5. The summed E-state index contributed by atoms with van der Waals surface area (Å²) in [5.41, 5.74) is 10.0. The molecule has 108 valence electrons. The van der Waals surface area contributed by atoms with Gasteiger partial charge in [0.2, 0.25) is 0 Å². The summed E-state index contributed by atoms with van der Waals surface area (Å²) in [7, 11) is 0. The minimum Gasteiger partial charge on any atom is -0.358 e. The van der Waals surface area contributed by atoms with E-state index in [1.807, 2.05) is 25.1 Å². The molecule has 0 fully saturated rings. The van der Waals surface area contributed by atoms with Crippen LogP contribution < -0.4 is 11.1 Å². The third-order valence-corrected chi connectivity index (χ3v) is 3.93. The lowest BCUT2D eigenvalue weighted by Gasteiger charge is -2.16. The number of hydrogen-bond donors (Lipinski definition) is 3. The van der Waals surface area contributed by atoms with Crippen LogP contribution in [0.3, 0.4) is 0 Å². The largest absolute Gasteiger partial charge is 0.358 e. The number of hydrogen-bond acceptors (Lipinski definition) is 2. The number of nitrogens with one attached hydrogen (secondary N) is 2. The lowest BCUT2D eigenvalue weighted by atomic mass is 10.1. The van der Waals surface area contributed by atoms with Crippen LogP contribution in [-0.2, 0) is 0 Å². The van der Waals surface area contributed by atoms with Crippen molar-refractivity contribution < 1.29 is 4.79 Å². The van der Waals surface area contributed by atoms with Crippen LogP contribution in [0.1, 0.15) is 35.5 Å².